The molecule has 0 aliphatic heterocycles. The molecule has 0 aromatic heterocycles. The normalized spacial score (nSPS) is 12.2. The Morgan fingerprint density at radius 1 is 1.53 bits per heavy atom. The molecule has 0 aliphatic carbocycles. The van der Waals surface area contributed by atoms with Crippen LogP contribution in [0.2, 0.25) is 0 Å². The highest BCUT2D eigenvalue weighted by Crippen LogP contribution is 2.25. The molecule has 0 amide bonds. The van der Waals surface area contributed by atoms with Crippen LogP contribution in [0, 0.1) is 0 Å². The number of nitrogens with two attached hydrogens (primary N) is 1. The fraction of sp³-hybridized carbons (Fsp3) is 0.750. The molecule has 0 fully saturated rings. The van der Waals surface area contributed by atoms with E-state index in [1.165, 1.54) is 21.6 Å². The fourth-order valence-corrected chi connectivity index (χ4v) is 3.54. The first-order chi connectivity index (χ1) is 7.02. The van der Waals surface area contributed by atoms with Crippen molar-refractivity contribution in [3.8, 4) is 0 Å². The quantitative estimate of drug-likeness (QED) is 0.557. The zero-order valence-corrected chi connectivity index (χ0v) is 11.3. The first-order valence-corrected chi connectivity index (χ1v) is 7.32. The number of rotatable bonds is 6. The van der Waals surface area contributed by atoms with Crippen molar-refractivity contribution >= 4 is 44.1 Å². The molecule has 0 unspecified atom stereocenters. The van der Waals surface area contributed by atoms with Crippen molar-refractivity contribution < 1.29 is 9.90 Å². The van der Waals surface area contributed by atoms with Crippen molar-refractivity contribution in [2.45, 2.75) is 19.9 Å². The third-order valence-electron chi connectivity index (χ3n) is 1.72. The summed E-state index contributed by atoms with van der Waals surface area (Å²) in [5, 5.41) is 8.56. The van der Waals surface area contributed by atoms with Crippen molar-refractivity contribution in [1.29, 1.82) is 0 Å². The van der Waals surface area contributed by atoms with E-state index in [9.17, 15) is 4.79 Å². The second-order valence-electron chi connectivity index (χ2n) is 2.75. The number of thiocarbonyl (C=S) groups is 1. The molecule has 0 radical (unpaired) electrons. The van der Waals surface area contributed by atoms with Gasteiger partial charge in [-0.05, 0) is 24.6 Å². The topological polar surface area (TPSA) is 66.6 Å². The van der Waals surface area contributed by atoms with Crippen LogP contribution in [0.15, 0.2) is 0 Å². The molecule has 1 atom stereocenters. The molecule has 0 heterocycles. The molecular formula is C8H16N2O2S3. The molecule has 4 nitrogen and oxygen atoms in total. The van der Waals surface area contributed by atoms with Crippen molar-refractivity contribution in [1.82, 2.24) is 4.90 Å². The molecule has 0 aliphatic rings. The summed E-state index contributed by atoms with van der Waals surface area (Å²) < 4.78 is 0.780. The maximum absolute atomic E-state index is 10.4. The SMILES string of the molecule is CCN(CC)C(=S)SSC[C@H](N)C(=O)O. The molecule has 3 N–H and O–H groups in total. The summed E-state index contributed by atoms with van der Waals surface area (Å²) in [5.74, 6) is -0.613. The van der Waals surface area contributed by atoms with Crippen molar-refractivity contribution in [3.05, 3.63) is 0 Å². The van der Waals surface area contributed by atoms with Gasteiger partial charge in [0.1, 0.15) is 10.4 Å². The highest BCUT2D eigenvalue weighted by Gasteiger charge is 2.13. The van der Waals surface area contributed by atoms with Crippen LogP contribution in [0.3, 0.4) is 0 Å². The number of aliphatic carboxylic acids is 1. The molecule has 88 valence electrons. The van der Waals surface area contributed by atoms with Gasteiger partial charge in [-0.3, -0.25) is 4.79 Å². The Bertz CT molecular complexity index is 222. The molecule has 0 spiro atoms. The molecule has 0 bridgehead atoms. The predicted molar refractivity (Wildman–Crippen MR) is 71.2 cm³/mol. The third kappa shape index (κ3) is 6.24. The molecule has 0 rings (SSSR count). The average molecular weight is 268 g/mol. The summed E-state index contributed by atoms with van der Waals surface area (Å²) in [7, 11) is 2.79. The van der Waals surface area contributed by atoms with Gasteiger partial charge in [0.05, 0.1) is 0 Å². The van der Waals surface area contributed by atoms with E-state index in [1.54, 1.807) is 0 Å². The second kappa shape index (κ2) is 8.20. The number of hydrogen-bond acceptors (Lipinski definition) is 5. The molecule has 0 aromatic rings. The molecule has 0 saturated carbocycles. The zero-order valence-electron chi connectivity index (χ0n) is 8.80. The van der Waals surface area contributed by atoms with E-state index in [1.807, 2.05) is 18.7 Å². The fourth-order valence-electron chi connectivity index (χ4n) is 0.764. The molecular weight excluding hydrogens is 252 g/mol. The Morgan fingerprint density at radius 3 is 2.47 bits per heavy atom. The number of nitrogens with zero attached hydrogens (tertiary/aromatic N) is 1. The monoisotopic (exact) mass is 268 g/mol. The van der Waals surface area contributed by atoms with Crippen LogP contribution >= 0.6 is 33.8 Å². The van der Waals surface area contributed by atoms with Crippen LogP contribution in [0.5, 0.6) is 0 Å². The lowest BCUT2D eigenvalue weighted by Gasteiger charge is -2.20. The van der Waals surface area contributed by atoms with Gasteiger partial charge in [0, 0.05) is 18.8 Å². The van der Waals surface area contributed by atoms with E-state index in [0.717, 1.165) is 17.4 Å². The minimum Gasteiger partial charge on any atom is -0.480 e. The van der Waals surface area contributed by atoms with E-state index >= 15 is 0 Å². The Kier molecular flexibility index (Phi) is 8.22. The second-order valence-corrected chi connectivity index (χ2v) is 5.73. The lowest BCUT2D eigenvalue weighted by atomic mass is 10.4. The maximum Gasteiger partial charge on any atom is 0.321 e. The third-order valence-corrected chi connectivity index (χ3v) is 4.79. The summed E-state index contributed by atoms with van der Waals surface area (Å²) in [6, 6.07) is -0.818. The van der Waals surface area contributed by atoms with Crippen molar-refractivity contribution in [3.63, 3.8) is 0 Å². The number of carboxylic acids is 1. The van der Waals surface area contributed by atoms with Gasteiger partial charge in [0.15, 0.2) is 0 Å². The highest BCUT2D eigenvalue weighted by atomic mass is 33.1. The van der Waals surface area contributed by atoms with Crippen LogP contribution < -0.4 is 5.73 Å². The number of carbonyl (C=O) groups is 1. The van der Waals surface area contributed by atoms with E-state index in [2.05, 4.69) is 0 Å². The summed E-state index contributed by atoms with van der Waals surface area (Å²) in [6.07, 6.45) is 0. The lowest BCUT2D eigenvalue weighted by molar-refractivity contribution is -0.137. The molecule has 15 heavy (non-hydrogen) atoms. The first kappa shape index (κ1) is 15.0. The van der Waals surface area contributed by atoms with Gasteiger partial charge in [-0.1, -0.05) is 23.0 Å². The Hall–Kier alpha value is 0.0200. The van der Waals surface area contributed by atoms with Gasteiger partial charge in [0.2, 0.25) is 0 Å². The van der Waals surface area contributed by atoms with Crippen molar-refractivity contribution in [2.75, 3.05) is 18.8 Å². The van der Waals surface area contributed by atoms with Gasteiger partial charge in [-0.2, -0.15) is 0 Å². The van der Waals surface area contributed by atoms with Crippen LogP contribution in [-0.4, -0.2) is 45.2 Å². The van der Waals surface area contributed by atoms with Crippen molar-refractivity contribution in [2.24, 2.45) is 5.73 Å². The van der Waals surface area contributed by atoms with Gasteiger partial charge >= 0.3 is 5.97 Å². The van der Waals surface area contributed by atoms with Crippen LogP contribution in [0.25, 0.3) is 0 Å². The molecule has 0 saturated heterocycles. The Labute approximate surface area is 103 Å². The Balaban J connectivity index is 3.76. The summed E-state index contributed by atoms with van der Waals surface area (Å²) in [5.41, 5.74) is 5.35. The predicted octanol–water partition coefficient (Wildman–Crippen LogP) is 1.41. The van der Waals surface area contributed by atoms with Gasteiger partial charge in [-0.25, -0.2) is 0 Å². The highest BCUT2D eigenvalue weighted by molar-refractivity contribution is 8.83. The summed E-state index contributed by atoms with van der Waals surface area (Å²) in [4.78, 5) is 12.5. The van der Waals surface area contributed by atoms with Gasteiger partial charge in [0.25, 0.3) is 0 Å². The summed E-state index contributed by atoms with van der Waals surface area (Å²) >= 11 is 5.17. The lowest BCUT2D eigenvalue weighted by Crippen LogP contribution is -2.32. The minimum absolute atomic E-state index is 0.363. The molecule has 7 heteroatoms. The van der Waals surface area contributed by atoms with E-state index < -0.39 is 12.0 Å². The number of hydrogen-bond donors (Lipinski definition) is 2. The smallest absolute Gasteiger partial charge is 0.321 e. The standard InChI is InChI=1S/C8H16N2O2S3/c1-3-10(4-2)8(13)15-14-5-6(9)7(11)12/h6H,3-5,9H2,1-2H3,(H,11,12)/t6-/m0/s1. The van der Waals surface area contributed by atoms with E-state index in [-0.39, 0.29) is 0 Å². The van der Waals surface area contributed by atoms with Gasteiger partial charge < -0.3 is 15.7 Å². The van der Waals surface area contributed by atoms with E-state index in [4.69, 9.17) is 23.1 Å². The zero-order chi connectivity index (χ0) is 11.8. The average Bonchev–Trinajstić information content (AvgIpc) is 2.19. The Morgan fingerprint density at radius 2 is 2.07 bits per heavy atom. The first-order valence-electron chi connectivity index (χ1n) is 4.59. The van der Waals surface area contributed by atoms with Gasteiger partial charge in [-0.15, -0.1) is 0 Å². The maximum atomic E-state index is 10.4. The molecule has 0 aromatic carbocycles. The van der Waals surface area contributed by atoms with Crippen LogP contribution in [0.4, 0.5) is 0 Å². The van der Waals surface area contributed by atoms with Crippen LogP contribution in [0.1, 0.15) is 13.8 Å². The summed E-state index contributed by atoms with van der Waals surface area (Å²) in [6.45, 7) is 5.80. The largest absolute Gasteiger partial charge is 0.480 e. The minimum atomic E-state index is -0.975. The van der Waals surface area contributed by atoms with Crippen LogP contribution in [-0.2, 0) is 4.79 Å². The van der Waals surface area contributed by atoms with E-state index in [0.29, 0.717) is 5.75 Å². The number of carboxylic acid groups (broad SMARTS) is 1.